The van der Waals surface area contributed by atoms with Gasteiger partial charge >= 0.3 is 0 Å². The second-order valence-corrected chi connectivity index (χ2v) is 5.87. The van der Waals surface area contributed by atoms with E-state index in [0.717, 1.165) is 6.42 Å². The summed E-state index contributed by atoms with van der Waals surface area (Å²) in [5.41, 5.74) is 1.21. The lowest BCUT2D eigenvalue weighted by Crippen LogP contribution is -2.45. The van der Waals surface area contributed by atoms with Crippen LogP contribution in [0, 0.1) is 0 Å². The van der Waals surface area contributed by atoms with E-state index < -0.39 is 0 Å². The first-order chi connectivity index (χ1) is 9.78. The van der Waals surface area contributed by atoms with Crippen LogP contribution < -0.4 is 5.32 Å². The summed E-state index contributed by atoms with van der Waals surface area (Å²) in [7, 11) is 0. The van der Waals surface area contributed by atoms with Crippen LogP contribution in [0.15, 0.2) is 30.3 Å². The zero-order valence-electron chi connectivity index (χ0n) is 12.6. The highest BCUT2D eigenvalue weighted by Crippen LogP contribution is 2.11. The van der Waals surface area contributed by atoms with Crippen molar-refractivity contribution in [2.24, 2.45) is 0 Å². The molecule has 2 N–H and O–H groups in total. The molecule has 0 aliphatic carbocycles. The lowest BCUT2D eigenvalue weighted by molar-refractivity contribution is 0.150. The average molecular weight is 276 g/mol. The van der Waals surface area contributed by atoms with Crippen molar-refractivity contribution in [1.29, 1.82) is 0 Å². The second-order valence-electron chi connectivity index (χ2n) is 5.87. The van der Waals surface area contributed by atoms with Crippen LogP contribution in [0.3, 0.4) is 0 Å². The Morgan fingerprint density at radius 1 is 1.25 bits per heavy atom. The molecule has 0 amide bonds. The molecule has 1 atom stereocenters. The summed E-state index contributed by atoms with van der Waals surface area (Å²) < 4.78 is 0. The van der Waals surface area contributed by atoms with Crippen LogP contribution in [0.4, 0.5) is 0 Å². The van der Waals surface area contributed by atoms with E-state index in [2.05, 4.69) is 29.3 Å². The van der Waals surface area contributed by atoms with Crippen molar-refractivity contribution in [3.8, 4) is 0 Å². The standard InChI is InChI=1S/C17H28N2O/c1-2-10-19-11-8-16(9-12-19)18-14-17(20)13-15-6-4-3-5-7-15/h3-7,16-18,20H,2,8-14H2,1H3. The molecule has 3 heteroatoms. The lowest BCUT2D eigenvalue weighted by atomic mass is 10.0. The highest BCUT2D eigenvalue weighted by atomic mass is 16.3. The summed E-state index contributed by atoms with van der Waals surface area (Å²) in [5.74, 6) is 0. The average Bonchev–Trinajstić information content (AvgIpc) is 2.48. The van der Waals surface area contributed by atoms with Gasteiger partial charge in [0, 0.05) is 12.6 Å². The molecular formula is C17H28N2O. The Morgan fingerprint density at radius 2 is 1.95 bits per heavy atom. The molecule has 0 radical (unpaired) electrons. The molecule has 0 aromatic heterocycles. The Hall–Kier alpha value is -0.900. The minimum atomic E-state index is -0.286. The van der Waals surface area contributed by atoms with E-state index in [1.54, 1.807) is 0 Å². The first-order valence-electron chi connectivity index (χ1n) is 7.95. The minimum absolute atomic E-state index is 0.286. The van der Waals surface area contributed by atoms with Gasteiger partial charge in [-0.05, 0) is 50.9 Å². The van der Waals surface area contributed by atoms with Gasteiger partial charge in [0.25, 0.3) is 0 Å². The van der Waals surface area contributed by atoms with E-state index in [1.165, 1.54) is 44.5 Å². The molecule has 1 heterocycles. The molecule has 1 aliphatic heterocycles. The maximum absolute atomic E-state index is 10.1. The van der Waals surface area contributed by atoms with E-state index in [4.69, 9.17) is 0 Å². The van der Waals surface area contributed by atoms with E-state index in [-0.39, 0.29) is 6.10 Å². The van der Waals surface area contributed by atoms with Crippen LogP contribution in [-0.2, 0) is 6.42 Å². The van der Waals surface area contributed by atoms with Crippen molar-refractivity contribution in [1.82, 2.24) is 10.2 Å². The van der Waals surface area contributed by atoms with Crippen molar-refractivity contribution >= 4 is 0 Å². The van der Waals surface area contributed by atoms with E-state index in [0.29, 0.717) is 12.6 Å². The van der Waals surface area contributed by atoms with E-state index in [9.17, 15) is 5.11 Å². The predicted octanol–water partition coefficient (Wildman–Crippen LogP) is 2.05. The fourth-order valence-corrected chi connectivity index (χ4v) is 2.94. The summed E-state index contributed by atoms with van der Waals surface area (Å²) in [5, 5.41) is 13.6. The van der Waals surface area contributed by atoms with Crippen molar-refractivity contribution in [2.45, 2.75) is 44.8 Å². The number of aliphatic hydroxyl groups excluding tert-OH is 1. The SMILES string of the molecule is CCCN1CCC(NCC(O)Cc2ccccc2)CC1. The third-order valence-electron chi connectivity index (χ3n) is 4.08. The summed E-state index contributed by atoms with van der Waals surface area (Å²) in [6.07, 6.45) is 4.11. The number of benzene rings is 1. The third-order valence-corrected chi connectivity index (χ3v) is 4.08. The Kier molecular flexibility index (Phi) is 6.51. The van der Waals surface area contributed by atoms with Crippen LogP contribution in [0.25, 0.3) is 0 Å². The first kappa shape index (κ1) is 15.5. The van der Waals surface area contributed by atoms with Gasteiger partial charge in [0.05, 0.1) is 6.10 Å². The van der Waals surface area contributed by atoms with Gasteiger partial charge in [0.1, 0.15) is 0 Å². The lowest BCUT2D eigenvalue weighted by Gasteiger charge is -2.32. The molecular weight excluding hydrogens is 248 g/mol. The Morgan fingerprint density at radius 3 is 2.60 bits per heavy atom. The monoisotopic (exact) mass is 276 g/mol. The molecule has 1 saturated heterocycles. The van der Waals surface area contributed by atoms with Gasteiger partial charge in [-0.1, -0.05) is 37.3 Å². The van der Waals surface area contributed by atoms with Crippen LogP contribution >= 0.6 is 0 Å². The predicted molar refractivity (Wildman–Crippen MR) is 83.9 cm³/mol. The number of piperidine rings is 1. The molecule has 1 aromatic rings. The molecule has 0 saturated carbocycles. The van der Waals surface area contributed by atoms with Gasteiger partial charge in [-0.15, -0.1) is 0 Å². The van der Waals surface area contributed by atoms with Crippen molar-refractivity contribution < 1.29 is 5.11 Å². The zero-order chi connectivity index (χ0) is 14.2. The molecule has 1 fully saturated rings. The van der Waals surface area contributed by atoms with Gasteiger partial charge in [0.15, 0.2) is 0 Å². The van der Waals surface area contributed by atoms with Crippen molar-refractivity contribution in [3.05, 3.63) is 35.9 Å². The summed E-state index contributed by atoms with van der Waals surface area (Å²) in [4.78, 5) is 2.54. The maximum atomic E-state index is 10.1. The molecule has 112 valence electrons. The fourth-order valence-electron chi connectivity index (χ4n) is 2.94. The van der Waals surface area contributed by atoms with Crippen LogP contribution in [0.5, 0.6) is 0 Å². The Labute approximate surface area is 123 Å². The normalized spacial score (nSPS) is 19.1. The molecule has 1 unspecified atom stereocenters. The summed E-state index contributed by atoms with van der Waals surface area (Å²) >= 11 is 0. The first-order valence-corrected chi connectivity index (χ1v) is 7.95. The number of nitrogens with zero attached hydrogens (tertiary/aromatic N) is 1. The Balaban J connectivity index is 1.63. The molecule has 20 heavy (non-hydrogen) atoms. The minimum Gasteiger partial charge on any atom is -0.391 e. The molecule has 3 nitrogen and oxygen atoms in total. The van der Waals surface area contributed by atoms with E-state index in [1.807, 2.05) is 18.2 Å². The van der Waals surface area contributed by atoms with Gasteiger partial charge in [-0.3, -0.25) is 0 Å². The number of hydrogen-bond acceptors (Lipinski definition) is 3. The Bertz CT molecular complexity index is 361. The number of rotatable bonds is 7. The van der Waals surface area contributed by atoms with Crippen LogP contribution in [0.1, 0.15) is 31.7 Å². The molecule has 2 rings (SSSR count). The smallest absolute Gasteiger partial charge is 0.0704 e. The summed E-state index contributed by atoms with van der Waals surface area (Å²) in [6.45, 7) is 6.56. The number of hydrogen-bond donors (Lipinski definition) is 2. The van der Waals surface area contributed by atoms with Crippen LogP contribution in [0.2, 0.25) is 0 Å². The van der Waals surface area contributed by atoms with Crippen LogP contribution in [-0.4, -0.2) is 48.3 Å². The highest BCUT2D eigenvalue weighted by Gasteiger charge is 2.18. The molecule has 1 aliphatic rings. The van der Waals surface area contributed by atoms with Crippen molar-refractivity contribution in [2.75, 3.05) is 26.2 Å². The van der Waals surface area contributed by atoms with Gasteiger partial charge < -0.3 is 15.3 Å². The highest BCUT2D eigenvalue weighted by molar-refractivity contribution is 5.15. The number of nitrogens with one attached hydrogen (secondary N) is 1. The van der Waals surface area contributed by atoms with Gasteiger partial charge in [-0.25, -0.2) is 0 Å². The molecule has 1 aromatic carbocycles. The number of likely N-dealkylation sites (tertiary alicyclic amines) is 1. The number of aliphatic hydroxyl groups is 1. The fraction of sp³-hybridized carbons (Fsp3) is 0.647. The molecule has 0 bridgehead atoms. The zero-order valence-corrected chi connectivity index (χ0v) is 12.6. The third kappa shape index (κ3) is 5.23. The summed E-state index contributed by atoms with van der Waals surface area (Å²) in [6, 6.07) is 10.8. The molecule has 0 spiro atoms. The second kappa shape index (κ2) is 8.40. The van der Waals surface area contributed by atoms with E-state index >= 15 is 0 Å². The van der Waals surface area contributed by atoms with Crippen molar-refractivity contribution in [3.63, 3.8) is 0 Å². The van der Waals surface area contributed by atoms with Gasteiger partial charge in [-0.2, -0.15) is 0 Å². The topological polar surface area (TPSA) is 35.5 Å². The maximum Gasteiger partial charge on any atom is 0.0704 e. The van der Waals surface area contributed by atoms with Gasteiger partial charge in [0.2, 0.25) is 0 Å². The largest absolute Gasteiger partial charge is 0.391 e. The quantitative estimate of drug-likeness (QED) is 0.800.